The van der Waals surface area contributed by atoms with Crippen LogP contribution in [-0.4, -0.2) is 96.6 Å². The predicted octanol–water partition coefficient (Wildman–Crippen LogP) is 2.80. The molecule has 4 rings (SSSR count). The van der Waals surface area contributed by atoms with Gasteiger partial charge in [0.05, 0.1) is 36.7 Å². The highest BCUT2D eigenvalue weighted by Crippen LogP contribution is 2.28. The molecule has 0 N–H and O–H groups in total. The molecule has 1 atom stereocenters. The summed E-state index contributed by atoms with van der Waals surface area (Å²) in [4.78, 5) is 36.7. The number of carbonyl (C=O) groups excluding carboxylic acids is 2. The Bertz CT molecular complexity index is 1060. The molecule has 0 radical (unpaired) electrons. The van der Waals surface area contributed by atoms with E-state index in [1.165, 1.54) is 11.3 Å². The van der Waals surface area contributed by atoms with Gasteiger partial charge in [-0.25, -0.2) is 4.98 Å². The number of halogens is 1. The highest BCUT2D eigenvalue weighted by molar-refractivity contribution is 7.09. The van der Waals surface area contributed by atoms with Crippen molar-refractivity contribution in [1.29, 1.82) is 0 Å². The number of morpholine rings is 1. The van der Waals surface area contributed by atoms with Crippen LogP contribution in [0.1, 0.15) is 22.7 Å². The van der Waals surface area contributed by atoms with Crippen molar-refractivity contribution < 1.29 is 19.1 Å². The molecule has 10 heteroatoms. The summed E-state index contributed by atoms with van der Waals surface area (Å²) in [5.41, 5.74) is 0.752. The first-order chi connectivity index (χ1) is 16.7. The van der Waals surface area contributed by atoms with Crippen LogP contribution >= 0.6 is 22.9 Å². The van der Waals surface area contributed by atoms with Gasteiger partial charge in [0.25, 0.3) is 0 Å². The molecule has 8 nitrogen and oxygen atoms in total. The van der Waals surface area contributed by atoms with Crippen LogP contribution in [0, 0.1) is 13.8 Å². The van der Waals surface area contributed by atoms with Gasteiger partial charge >= 0.3 is 0 Å². The van der Waals surface area contributed by atoms with Crippen molar-refractivity contribution in [2.24, 2.45) is 0 Å². The van der Waals surface area contributed by atoms with Crippen LogP contribution in [-0.2, 0) is 20.7 Å². The van der Waals surface area contributed by atoms with E-state index in [0.717, 1.165) is 29.4 Å². The van der Waals surface area contributed by atoms with Crippen molar-refractivity contribution in [2.45, 2.75) is 32.3 Å². The standard InChI is InChI=1S/C25H33ClN4O4S/c1-18-12-21(4-5-22(18)26)33-17-25(14-24(32)29-8-6-28(3)7-9-29)16-30(10-11-34-25)23(31)13-20-15-35-19(2)27-20/h4-5,12,15H,6-11,13-14,16-17H2,1-3H3/t25-/m0/s1. The number of rotatable bonds is 7. The minimum atomic E-state index is -0.931. The number of piperazine rings is 1. The zero-order valence-electron chi connectivity index (χ0n) is 20.6. The molecule has 1 aromatic carbocycles. The Morgan fingerprint density at radius 2 is 1.91 bits per heavy atom. The summed E-state index contributed by atoms with van der Waals surface area (Å²) in [6, 6.07) is 5.47. The lowest BCUT2D eigenvalue weighted by atomic mass is 9.96. The van der Waals surface area contributed by atoms with E-state index >= 15 is 0 Å². The number of aryl methyl sites for hydroxylation is 2. The molecule has 2 aliphatic rings. The minimum Gasteiger partial charge on any atom is -0.490 e. The number of nitrogens with zero attached hydrogens (tertiary/aromatic N) is 4. The monoisotopic (exact) mass is 520 g/mol. The molecule has 1 aromatic heterocycles. The fraction of sp³-hybridized carbons (Fsp3) is 0.560. The Kier molecular flexibility index (Phi) is 8.31. The van der Waals surface area contributed by atoms with E-state index in [2.05, 4.69) is 16.9 Å². The Hall–Kier alpha value is -2.20. The molecule has 0 aliphatic carbocycles. The Labute approximate surface area is 215 Å². The number of ether oxygens (including phenoxy) is 2. The number of hydrogen-bond donors (Lipinski definition) is 0. The van der Waals surface area contributed by atoms with Crippen LogP contribution < -0.4 is 4.74 Å². The highest BCUT2D eigenvalue weighted by atomic mass is 35.5. The summed E-state index contributed by atoms with van der Waals surface area (Å²) in [6.45, 7) is 8.19. The van der Waals surface area contributed by atoms with Crippen molar-refractivity contribution in [1.82, 2.24) is 19.7 Å². The molecule has 2 saturated heterocycles. The summed E-state index contributed by atoms with van der Waals surface area (Å²) < 4.78 is 12.4. The van der Waals surface area contributed by atoms with Gasteiger partial charge < -0.3 is 24.2 Å². The second-order valence-corrected chi connectivity index (χ2v) is 10.9. The number of aromatic nitrogens is 1. The molecule has 0 unspecified atom stereocenters. The summed E-state index contributed by atoms with van der Waals surface area (Å²) in [5, 5.41) is 3.53. The molecule has 190 valence electrons. The molecule has 35 heavy (non-hydrogen) atoms. The molecular weight excluding hydrogens is 488 g/mol. The quantitative estimate of drug-likeness (QED) is 0.559. The van der Waals surface area contributed by atoms with Crippen LogP contribution in [0.4, 0.5) is 0 Å². The topological polar surface area (TPSA) is 75.2 Å². The zero-order chi connectivity index (χ0) is 25.0. The number of thiazole rings is 1. The predicted molar refractivity (Wildman–Crippen MR) is 136 cm³/mol. The van der Waals surface area contributed by atoms with Gasteiger partial charge in [0.2, 0.25) is 11.8 Å². The van der Waals surface area contributed by atoms with E-state index in [0.29, 0.717) is 43.6 Å². The highest BCUT2D eigenvalue weighted by Gasteiger charge is 2.42. The van der Waals surface area contributed by atoms with Gasteiger partial charge in [0.15, 0.2) is 0 Å². The van der Waals surface area contributed by atoms with Gasteiger partial charge in [0, 0.05) is 43.1 Å². The molecule has 0 bridgehead atoms. The first-order valence-corrected chi connectivity index (χ1v) is 13.2. The van der Waals surface area contributed by atoms with Gasteiger partial charge in [-0.2, -0.15) is 0 Å². The number of carbonyl (C=O) groups is 2. The third-order valence-electron chi connectivity index (χ3n) is 6.56. The van der Waals surface area contributed by atoms with Crippen molar-refractivity contribution in [3.8, 4) is 5.75 Å². The Morgan fingerprint density at radius 3 is 2.60 bits per heavy atom. The molecule has 2 aliphatic heterocycles. The van der Waals surface area contributed by atoms with Gasteiger partial charge in [-0.05, 0) is 44.7 Å². The number of benzene rings is 1. The van der Waals surface area contributed by atoms with Crippen molar-refractivity contribution in [2.75, 3.05) is 59.5 Å². The molecule has 2 aromatic rings. The van der Waals surface area contributed by atoms with Crippen LogP contribution in [0.5, 0.6) is 5.75 Å². The van der Waals surface area contributed by atoms with E-state index in [1.54, 1.807) is 11.0 Å². The zero-order valence-corrected chi connectivity index (χ0v) is 22.2. The van der Waals surface area contributed by atoms with Crippen LogP contribution in [0.15, 0.2) is 23.6 Å². The van der Waals surface area contributed by atoms with Gasteiger partial charge in [0.1, 0.15) is 18.0 Å². The molecule has 3 heterocycles. The smallest absolute Gasteiger partial charge is 0.228 e. The minimum absolute atomic E-state index is 0.0163. The maximum Gasteiger partial charge on any atom is 0.228 e. The average molecular weight is 521 g/mol. The summed E-state index contributed by atoms with van der Waals surface area (Å²) in [6.07, 6.45) is 0.396. The van der Waals surface area contributed by atoms with Crippen molar-refractivity contribution in [3.63, 3.8) is 0 Å². The number of hydrogen-bond acceptors (Lipinski definition) is 7. The van der Waals surface area contributed by atoms with Crippen LogP contribution in [0.25, 0.3) is 0 Å². The molecule has 0 saturated carbocycles. The lowest BCUT2D eigenvalue weighted by Crippen LogP contribution is -2.59. The van der Waals surface area contributed by atoms with E-state index in [1.807, 2.05) is 36.3 Å². The van der Waals surface area contributed by atoms with Gasteiger partial charge in [-0.15, -0.1) is 11.3 Å². The maximum absolute atomic E-state index is 13.3. The van der Waals surface area contributed by atoms with E-state index in [4.69, 9.17) is 21.1 Å². The maximum atomic E-state index is 13.3. The molecule has 2 fully saturated rings. The second-order valence-electron chi connectivity index (χ2n) is 9.44. The average Bonchev–Trinajstić information content (AvgIpc) is 3.24. The third-order valence-corrected chi connectivity index (χ3v) is 7.81. The summed E-state index contributed by atoms with van der Waals surface area (Å²) in [7, 11) is 2.06. The summed E-state index contributed by atoms with van der Waals surface area (Å²) >= 11 is 7.70. The van der Waals surface area contributed by atoms with Gasteiger partial charge in [-0.1, -0.05) is 11.6 Å². The number of likely N-dealkylation sites (N-methyl/N-ethyl adjacent to an activating group) is 1. The van der Waals surface area contributed by atoms with Crippen molar-refractivity contribution >= 4 is 34.8 Å². The first kappa shape index (κ1) is 25.9. The lowest BCUT2D eigenvalue weighted by Gasteiger charge is -2.43. The first-order valence-electron chi connectivity index (χ1n) is 11.9. The van der Waals surface area contributed by atoms with E-state index in [-0.39, 0.29) is 31.3 Å². The van der Waals surface area contributed by atoms with Gasteiger partial charge in [-0.3, -0.25) is 9.59 Å². The van der Waals surface area contributed by atoms with Crippen LogP contribution in [0.2, 0.25) is 5.02 Å². The molecular formula is C25H33ClN4O4S. The fourth-order valence-corrected chi connectivity index (χ4v) is 5.15. The second kappa shape index (κ2) is 11.2. The third kappa shape index (κ3) is 6.73. The SMILES string of the molecule is Cc1nc(CC(=O)N2CCO[C@@](COc3ccc(Cl)c(C)c3)(CC(=O)N3CCN(C)CC3)C2)cs1. The van der Waals surface area contributed by atoms with Crippen LogP contribution in [0.3, 0.4) is 0 Å². The summed E-state index contributed by atoms with van der Waals surface area (Å²) in [5.74, 6) is 0.666. The Morgan fingerprint density at radius 1 is 1.14 bits per heavy atom. The fourth-order valence-electron chi connectivity index (χ4n) is 4.42. The van der Waals surface area contributed by atoms with E-state index < -0.39 is 5.60 Å². The molecule has 2 amide bonds. The van der Waals surface area contributed by atoms with Crippen molar-refractivity contribution in [3.05, 3.63) is 44.9 Å². The van der Waals surface area contributed by atoms with E-state index in [9.17, 15) is 9.59 Å². The molecule has 0 spiro atoms. The number of amides is 2. The Balaban J connectivity index is 1.49. The lowest BCUT2D eigenvalue weighted by molar-refractivity contribution is -0.166. The largest absolute Gasteiger partial charge is 0.490 e. The normalized spacial score (nSPS) is 21.3.